The van der Waals surface area contributed by atoms with Crippen LogP contribution in [0.2, 0.25) is 0 Å². The molecule has 2 N–H and O–H groups in total. The van der Waals surface area contributed by atoms with Crippen molar-refractivity contribution >= 4 is 21.4 Å². The number of rotatable bonds is 3. The third-order valence-electron chi connectivity index (χ3n) is 3.01. The fourth-order valence-corrected chi connectivity index (χ4v) is 4.84. The van der Waals surface area contributed by atoms with E-state index in [9.17, 15) is 8.42 Å². The molecule has 0 amide bonds. The summed E-state index contributed by atoms with van der Waals surface area (Å²) in [5.41, 5.74) is 5.62. The summed E-state index contributed by atoms with van der Waals surface area (Å²) in [5, 5.41) is 0.774. The van der Waals surface area contributed by atoms with Gasteiger partial charge in [0.15, 0.2) is 4.21 Å². The first-order valence-electron chi connectivity index (χ1n) is 5.66. The third kappa shape index (κ3) is 2.67. The molecule has 1 fully saturated rings. The second kappa shape index (κ2) is 5.01. The van der Waals surface area contributed by atoms with Crippen LogP contribution in [0.4, 0.5) is 0 Å². The largest absolute Gasteiger partial charge is 0.330 e. The van der Waals surface area contributed by atoms with E-state index in [1.54, 1.807) is 4.31 Å². The van der Waals surface area contributed by atoms with Gasteiger partial charge < -0.3 is 5.73 Å². The molecular formula is C10H17N3O2S2. The van der Waals surface area contributed by atoms with E-state index in [0.29, 0.717) is 23.8 Å². The maximum absolute atomic E-state index is 12.3. The summed E-state index contributed by atoms with van der Waals surface area (Å²) >= 11 is 1.23. The lowest BCUT2D eigenvalue weighted by Crippen LogP contribution is -2.41. The summed E-state index contributed by atoms with van der Waals surface area (Å²) in [6.45, 7) is 3.49. The summed E-state index contributed by atoms with van der Waals surface area (Å²) < 4.78 is 26.5. The number of thiazole rings is 1. The number of hydrogen-bond donors (Lipinski definition) is 1. The molecule has 5 nitrogen and oxygen atoms in total. The monoisotopic (exact) mass is 275 g/mol. The van der Waals surface area contributed by atoms with Crippen LogP contribution in [0.3, 0.4) is 0 Å². The SMILES string of the molecule is Cc1ncc(S(=O)(=O)N2CCCC(CN)C2)s1. The molecule has 1 unspecified atom stereocenters. The molecule has 96 valence electrons. The van der Waals surface area contributed by atoms with Gasteiger partial charge in [-0.2, -0.15) is 4.31 Å². The molecule has 1 aromatic rings. The highest BCUT2D eigenvalue weighted by atomic mass is 32.2. The van der Waals surface area contributed by atoms with Crippen molar-refractivity contribution in [2.24, 2.45) is 11.7 Å². The van der Waals surface area contributed by atoms with Crippen molar-refractivity contribution in [3.63, 3.8) is 0 Å². The van der Waals surface area contributed by atoms with Crippen molar-refractivity contribution < 1.29 is 8.42 Å². The molecule has 0 aliphatic carbocycles. The summed E-state index contributed by atoms with van der Waals surface area (Å²) in [6.07, 6.45) is 3.35. The summed E-state index contributed by atoms with van der Waals surface area (Å²) in [7, 11) is -3.35. The van der Waals surface area contributed by atoms with Gasteiger partial charge in [0.1, 0.15) is 0 Å². The van der Waals surface area contributed by atoms with Crippen LogP contribution in [0, 0.1) is 12.8 Å². The highest BCUT2D eigenvalue weighted by Crippen LogP contribution is 2.26. The number of aromatic nitrogens is 1. The van der Waals surface area contributed by atoms with Crippen LogP contribution in [0.5, 0.6) is 0 Å². The molecule has 2 heterocycles. The van der Waals surface area contributed by atoms with Gasteiger partial charge in [0, 0.05) is 13.1 Å². The van der Waals surface area contributed by atoms with Gasteiger partial charge >= 0.3 is 0 Å². The molecule has 1 saturated heterocycles. The van der Waals surface area contributed by atoms with E-state index in [1.165, 1.54) is 17.5 Å². The Kier molecular flexibility index (Phi) is 3.82. The maximum Gasteiger partial charge on any atom is 0.254 e. The first kappa shape index (κ1) is 12.9. The third-order valence-corrected chi connectivity index (χ3v) is 6.22. The fraction of sp³-hybridized carbons (Fsp3) is 0.700. The van der Waals surface area contributed by atoms with Gasteiger partial charge in [0.25, 0.3) is 10.0 Å². The number of nitrogens with zero attached hydrogens (tertiary/aromatic N) is 2. The van der Waals surface area contributed by atoms with E-state index in [-0.39, 0.29) is 5.92 Å². The van der Waals surface area contributed by atoms with Gasteiger partial charge in [-0.25, -0.2) is 13.4 Å². The lowest BCUT2D eigenvalue weighted by Gasteiger charge is -2.30. The quantitative estimate of drug-likeness (QED) is 0.885. The minimum Gasteiger partial charge on any atom is -0.330 e. The summed E-state index contributed by atoms with van der Waals surface area (Å²) in [5.74, 6) is 0.285. The molecule has 0 saturated carbocycles. The molecule has 0 spiro atoms. The Bertz CT molecular complexity index is 483. The van der Waals surface area contributed by atoms with Gasteiger partial charge in [0.2, 0.25) is 0 Å². The standard InChI is InChI=1S/C10H17N3O2S2/c1-8-12-6-10(16-8)17(14,15)13-4-2-3-9(5-11)7-13/h6,9H,2-5,7,11H2,1H3. The van der Waals surface area contributed by atoms with E-state index in [2.05, 4.69) is 4.98 Å². The molecule has 0 bridgehead atoms. The number of sulfonamides is 1. The minimum atomic E-state index is -3.35. The molecule has 2 rings (SSSR count). The molecule has 1 aromatic heterocycles. The highest BCUT2D eigenvalue weighted by molar-refractivity contribution is 7.91. The van der Waals surface area contributed by atoms with Gasteiger partial charge in [-0.1, -0.05) is 0 Å². The Morgan fingerprint density at radius 2 is 2.41 bits per heavy atom. The first-order valence-corrected chi connectivity index (χ1v) is 7.92. The Hall–Kier alpha value is -0.500. The summed E-state index contributed by atoms with van der Waals surface area (Å²) in [6, 6.07) is 0. The Morgan fingerprint density at radius 3 is 3.00 bits per heavy atom. The van der Waals surface area contributed by atoms with Gasteiger partial charge in [-0.3, -0.25) is 0 Å². The predicted octanol–water partition coefficient (Wildman–Crippen LogP) is 0.811. The zero-order valence-electron chi connectivity index (χ0n) is 9.80. The van der Waals surface area contributed by atoms with Gasteiger partial charge in [-0.15, -0.1) is 11.3 Å². The van der Waals surface area contributed by atoms with Crippen molar-refractivity contribution in [3.8, 4) is 0 Å². The number of piperidine rings is 1. The molecule has 7 heteroatoms. The lowest BCUT2D eigenvalue weighted by atomic mass is 10.0. The second-order valence-electron chi connectivity index (χ2n) is 4.31. The summed E-state index contributed by atoms with van der Waals surface area (Å²) in [4.78, 5) is 4.00. The lowest BCUT2D eigenvalue weighted by molar-refractivity contribution is 0.272. The zero-order chi connectivity index (χ0) is 12.5. The fourth-order valence-electron chi connectivity index (χ4n) is 2.03. The Labute approximate surface area is 106 Å². The van der Waals surface area contributed by atoms with E-state index in [4.69, 9.17) is 5.73 Å². The van der Waals surface area contributed by atoms with Crippen LogP contribution in [-0.2, 0) is 10.0 Å². The Balaban J connectivity index is 2.21. The normalized spacial score (nSPS) is 22.8. The average Bonchev–Trinajstić information content (AvgIpc) is 2.76. The number of hydrogen-bond acceptors (Lipinski definition) is 5. The topological polar surface area (TPSA) is 76.3 Å². The molecule has 1 aliphatic rings. The van der Waals surface area contributed by atoms with Crippen LogP contribution in [-0.4, -0.2) is 37.3 Å². The van der Waals surface area contributed by atoms with Crippen LogP contribution in [0.25, 0.3) is 0 Å². The molecule has 0 radical (unpaired) electrons. The molecule has 1 atom stereocenters. The highest BCUT2D eigenvalue weighted by Gasteiger charge is 2.30. The van der Waals surface area contributed by atoms with Crippen molar-refractivity contribution in [3.05, 3.63) is 11.2 Å². The van der Waals surface area contributed by atoms with Crippen LogP contribution < -0.4 is 5.73 Å². The maximum atomic E-state index is 12.3. The van der Waals surface area contributed by atoms with Crippen LogP contribution >= 0.6 is 11.3 Å². The zero-order valence-corrected chi connectivity index (χ0v) is 11.4. The number of nitrogens with two attached hydrogens (primary N) is 1. The minimum absolute atomic E-state index is 0.285. The van der Waals surface area contributed by atoms with Crippen molar-refractivity contribution in [2.45, 2.75) is 24.0 Å². The van der Waals surface area contributed by atoms with Gasteiger partial charge in [-0.05, 0) is 32.2 Å². The van der Waals surface area contributed by atoms with E-state index in [0.717, 1.165) is 17.8 Å². The smallest absolute Gasteiger partial charge is 0.254 e. The van der Waals surface area contributed by atoms with Crippen molar-refractivity contribution in [2.75, 3.05) is 19.6 Å². The van der Waals surface area contributed by atoms with Crippen molar-refractivity contribution in [1.29, 1.82) is 0 Å². The van der Waals surface area contributed by atoms with Crippen molar-refractivity contribution in [1.82, 2.24) is 9.29 Å². The van der Waals surface area contributed by atoms with Crippen LogP contribution in [0.1, 0.15) is 17.8 Å². The Morgan fingerprint density at radius 1 is 1.65 bits per heavy atom. The van der Waals surface area contributed by atoms with E-state index in [1.807, 2.05) is 6.92 Å². The first-order chi connectivity index (χ1) is 8.04. The molecule has 1 aliphatic heterocycles. The van der Waals surface area contributed by atoms with Gasteiger partial charge in [0.05, 0.1) is 11.2 Å². The molecule has 17 heavy (non-hydrogen) atoms. The second-order valence-corrected chi connectivity index (χ2v) is 7.70. The molecule has 0 aromatic carbocycles. The van der Waals surface area contributed by atoms with E-state index < -0.39 is 10.0 Å². The predicted molar refractivity (Wildman–Crippen MR) is 67.4 cm³/mol. The average molecular weight is 275 g/mol. The number of aryl methyl sites for hydroxylation is 1. The molecular weight excluding hydrogens is 258 g/mol. The van der Waals surface area contributed by atoms with Crippen LogP contribution in [0.15, 0.2) is 10.4 Å². The van der Waals surface area contributed by atoms with E-state index >= 15 is 0 Å².